The van der Waals surface area contributed by atoms with Gasteiger partial charge in [-0.2, -0.15) is 0 Å². The van der Waals surface area contributed by atoms with Crippen molar-refractivity contribution in [3.8, 4) is 0 Å². The maximum atomic E-state index is 12.0. The highest BCUT2D eigenvalue weighted by molar-refractivity contribution is 6.30. The lowest BCUT2D eigenvalue weighted by Crippen LogP contribution is -2.48. The standard InChI is InChI=1S/C17H21ClN2O4/c1-11(22)20-15-7-6-14(24-16(15)10-21)8-17(23)19-9-12-2-4-13(18)5-3-12/h2-7,14-16,21H,8-10H2,1H3,(H,19,23)(H,20,22)/t14-,15-,16+/m0/s1. The molecule has 130 valence electrons. The van der Waals surface area contributed by atoms with Gasteiger partial charge in [0.2, 0.25) is 11.8 Å². The van der Waals surface area contributed by atoms with Crippen molar-refractivity contribution in [3.63, 3.8) is 0 Å². The molecule has 0 fully saturated rings. The average Bonchev–Trinajstić information content (AvgIpc) is 2.55. The van der Waals surface area contributed by atoms with Crippen LogP contribution in [0.4, 0.5) is 0 Å². The Kier molecular flexibility index (Phi) is 6.78. The zero-order chi connectivity index (χ0) is 17.5. The summed E-state index contributed by atoms with van der Waals surface area (Å²) in [6, 6.07) is 6.84. The van der Waals surface area contributed by atoms with Crippen LogP contribution in [0.15, 0.2) is 36.4 Å². The summed E-state index contributed by atoms with van der Waals surface area (Å²) in [5, 5.41) is 15.5. The van der Waals surface area contributed by atoms with Crippen molar-refractivity contribution < 1.29 is 19.4 Å². The van der Waals surface area contributed by atoms with Gasteiger partial charge in [0, 0.05) is 18.5 Å². The van der Waals surface area contributed by atoms with E-state index in [9.17, 15) is 14.7 Å². The maximum Gasteiger partial charge on any atom is 0.223 e. The molecule has 1 aromatic carbocycles. The van der Waals surface area contributed by atoms with Gasteiger partial charge in [0.25, 0.3) is 0 Å². The lowest BCUT2D eigenvalue weighted by molar-refractivity contribution is -0.127. The van der Waals surface area contributed by atoms with E-state index in [-0.39, 0.29) is 30.9 Å². The smallest absolute Gasteiger partial charge is 0.223 e. The monoisotopic (exact) mass is 352 g/mol. The molecular weight excluding hydrogens is 332 g/mol. The van der Waals surface area contributed by atoms with Gasteiger partial charge in [-0.1, -0.05) is 35.9 Å². The minimum Gasteiger partial charge on any atom is -0.394 e. The molecule has 1 aliphatic rings. The lowest BCUT2D eigenvalue weighted by Gasteiger charge is -2.31. The van der Waals surface area contributed by atoms with Crippen LogP contribution in [0.3, 0.4) is 0 Å². The molecule has 6 nitrogen and oxygen atoms in total. The van der Waals surface area contributed by atoms with E-state index in [0.717, 1.165) is 5.56 Å². The zero-order valence-electron chi connectivity index (χ0n) is 13.4. The molecule has 2 amide bonds. The average molecular weight is 353 g/mol. The molecule has 0 radical (unpaired) electrons. The maximum absolute atomic E-state index is 12.0. The van der Waals surface area contributed by atoms with Crippen LogP contribution < -0.4 is 10.6 Å². The summed E-state index contributed by atoms with van der Waals surface area (Å²) < 4.78 is 5.66. The predicted octanol–water partition coefficient (Wildman–Crippen LogP) is 1.17. The van der Waals surface area contributed by atoms with Crippen molar-refractivity contribution in [3.05, 3.63) is 47.0 Å². The Morgan fingerprint density at radius 3 is 2.58 bits per heavy atom. The zero-order valence-corrected chi connectivity index (χ0v) is 14.1. The van der Waals surface area contributed by atoms with Gasteiger partial charge in [-0.15, -0.1) is 0 Å². The quantitative estimate of drug-likeness (QED) is 0.671. The first-order valence-corrected chi connectivity index (χ1v) is 8.08. The Balaban J connectivity index is 1.83. The number of ether oxygens (including phenoxy) is 1. The molecule has 3 atom stereocenters. The Hall–Kier alpha value is -1.89. The molecule has 1 aliphatic heterocycles. The van der Waals surface area contributed by atoms with Crippen LogP contribution in [-0.2, 0) is 20.9 Å². The predicted molar refractivity (Wildman–Crippen MR) is 90.4 cm³/mol. The summed E-state index contributed by atoms with van der Waals surface area (Å²) in [5.74, 6) is -0.361. The first kappa shape index (κ1) is 18.4. The second-order valence-corrected chi connectivity index (χ2v) is 6.05. The second-order valence-electron chi connectivity index (χ2n) is 5.61. The Morgan fingerprint density at radius 1 is 1.25 bits per heavy atom. The topological polar surface area (TPSA) is 87.7 Å². The highest BCUT2D eigenvalue weighted by Gasteiger charge is 2.28. The van der Waals surface area contributed by atoms with E-state index in [0.29, 0.717) is 11.6 Å². The van der Waals surface area contributed by atoms with Crippen molar-refractivity contribution >= 4 is 23.4 Å². The molecule has 2 rings (SSSR count). The summed E-state index contributed by atoms with van der Waals surface area (Å²) in [4.78, 5) is 23.1. The van der Waals surface area contributed by atoms with Crippen molar-refractivity contribution in [2.45, 2.75) is 38.1 Å². The van der Waals surface area contributed by atoms with E-state index in [1.165, 1.54) is 6.92 Å². The molecule has 24 heavy (non-hydrogen) atoms. The number of hydrogen-bond donors (Lipinski definition) is 3. The molecule has 0 aromatic heterocycles. The fourth-order valence-corrected chi connectivity index (χ4v) is 2.55. The Labute approximate surface area is 145 Å². The Bertz CT molecular complexity index is 603. The van der Waals surface area contributed by atoms with Crippen LogP contribution in [0.2, 0.25) is 5.02 Å². The van der Waals surface area contributed by atoms with E-state index in [2.05, 4.69) is 10.6 Å². The molecule has 0 saturated carbocycles. The second kappa shape index (κ2) is 8.82. The molecule has 0 unspecified atom stereocenters. The highest BCUT2D eigenvalue weighted by Crippen LogP contribution is 2.16. The molecule has 0 bridgehead atoms. The number of carbonyl (C=O) groups excluding carboxylic acids is 2. The summed E-state index contributed by atoms with van der Waals surface area (Å²) in [5.41, 5.74) is 0.951. The fourth-order valence-electron chi connectivity index (χ4n) is 2.43. The highest BCUT2D eigenvalue weighted by atomic mass is 35.5. The third-order valence-corrected chi connectivity index (χ3v) is 3.87. The molecule has 1 heterocycles. The molecular formula is C17H21ClN2O4. The summed E-state index contributed by atoms with van der Waals surface area (Å²) in [6.07, 6.45) is 2.63. The van der Waals surface area contributed by atoms with Gasteiger partial charge in [0.15, 0.2) is 0 Å². The third kappa shape index (κ3) is 5.63. The Morgan fingerprint density at radius 2 is 1.96 bits per heavy atom. The summed E-state index contributed by atoms with van der Waals surface area (Å²) in [6.45, 7) is 1.57. The first-order chi connectivity index (χ1) is 11.5. The summed E-state index contributed by atoms with van der Waals surface area (Å²) in [7, 11) is 0. The molecule has 7 heteroatoms. The number of carbonyl (C=O) groups is 2. The van der Waals surface area contributed by atoms with Gasteiger partial charge in [-0.3, -0.25) is 9.59 Å². The van der Waals surface area contributed by atoms with Crippen LogP contribution in [0.25, 0.3) is 0 Å². The normalized spacial score (nSPS) is 22.9. The number of amides is 2. The van der Waals surface area contributed by atoms with Gasteiger partial charge < -0.3 is 20.5 Å². The van der Waals surface area contributed by atoms with Gasteiger partial charge >= 0.3 is 0 Å². The molecule has 1 aromatic rings. The number of aliphatic hydroxyl groups excluding tert-OH is 1. The molecule has 0 spiro atoms. The minimum atomic E-state index is -0.562. The lowest BCUT2D eigenvalue weighted by atomic mass is 10.0. The molecule has 0 saturated heterocycles. The minimum absolute atomic E-state index is 0.146. The van der Waals surface area contributed by atoms with E-state index < -0.39 is 12.2 Å². The van der Waals surface area contributed by atoms with Crippen LogP contribution >= 0.6 is 11.6 Å². The van der Waals surface area contributed by atoms with Crippen LogP contribution in [0.5, 0.6) is 0 Å². The van der Waals surface area contributed by atoms with E-state index in [1.807, 2.05) is 12.1 Å². The van der Waals surface area contributed by atoms with Crippen LogP contribution in [0, 0.1) is 0 Å². The number of hydrogen-bond acceptors (Lipinski definition) is 4. The van der Waals surface area contributed by atoms with E-state index in [4.69, 9.17) is 16.3 Å². The van der Waals surface area contributed by atoms with E-state index in [1.54, 1.807) is 24.3 Å². The van der Waals surface area contributed by atoms with Gasteiger partial charge in [-0.05, 0) is 17.7 Å². The van der Waals surface area contributed by atoms with Crippen LogP contribution in [-0.4, -0.2) is 41.8 Å². The number of aliphatic hydroxyl groups is 1. The molecule has 0 aliphatic carbocycles. The number of halogens is 1. The first-order valence-electron chi connectivity index (χ1n) is 7.71. The van der Waals surface area contributed by atoms with Gasteiger partial charge in [0.05, 0.1) is 25.2 Å². The largest absolute Gasteiger partial charge is 0.394 e. The van der Waals surface area contributed by atoms with Crippen LogP contribution in [0.1, 0.15) is 18.9 Å². The van der Waals surface area contributed by atoms with E-state index >= 15 is 0 Å². The van der Waals surface area contributed by atoms with Gasteiger partial charge in [-0.25, -0.2) is 0 Å². The molecule has 3 N–H and O–H groups in total. The number of rotatable bonds is 6. The van der Waals surface area contributed by atoms with Gasteiger partial charge in [0.1, 0.15) is 6.10 Å². The fraction of sp³-hybridized carbons (Fsp3) is 0.412. The van der Waals surface area contributed by atoms with Crippen molar-refractivity contribution in [1.29, 1.82) is 0 Å². The van der Waals surface area contributed by atoms with Crippen molar-refractivity contribution in [2.24, 2.45) is 0 Å². The third-order valence-electron chi connectivity index (χ3n) is 3.62. The number of nitrogens with one attached hydrogen (secondary N) is 2. The van der Waals surface area contributed by atoms with Crippen molar-refractivity contribution in [1.82, 2.24) is 10.6 Å². The van der Waals surface area contributed by atoms with Crippen molar-refractivity contribution in [2.75, 3.05) is 6.61 Å². The SMILES string of the molecule is CC(=O)N[C@H]1C=C[C@@H](CC(=O)NCc2ccc(Cl)cc2)O[C@@H]1CO. The summed E-state index contributed by atoms with van der Waals surface area (Å²) >= 11 is 5.82. The number of benzene rings is 1.